The molecule has 0 unspecified atom stereocenters. The van der Waals surface area contributed by atoms with Crippen molar-refractivity contribution >= 4 is 23.3 Å². The summed E-state index contributed by atoms with van der Waals surface area (Å²) >= 11 is 0. The molecule has 114 valence electrons. The fraction of sp³-hybridized carbons (Fsp3) is 0.0667. The van der Waals surface area contributed by atoms with E-state index in [-0.39, 0.29) is 28.5 Å². The van der Waals surface area contributed by atoms with Gasteiger partial charge in [-0.25, -0.2) is 14.8 Å². The molecule has 8 nitrogen and oxygen atoms in total. The van der Waals surface area contributed by atoms with Crippen molar-refractivity contribution in [2.45, 2.75) is 0 Å². The Bertz CT molecular complexity index is 859. The molecule has 2 aromatic heterocycles. The second-order valence-corrected chi connectivity index (χ2v) is 4.59. The number of methoxy groups -OCH3 is 1. The van der Waals surface area contributed by atoms with Crippen molar-refractivity contribution in [3.8, 4) is 0 Å². The number of esters is 1. The van der Waals surface area contributed by atoms with Crippen molar-refractivity contribution in [2.24, 2.45) is 0 Å². The molecule has 0 fully saturated rings. The number of fused-ring (bicyclic) bond motifs is 1. The summed E-state index contributed by atoms with van der Waals surface area (Å²) in [6.07, 6.45) is 3.53. The van der Waals surface area contributed by atoms with Crippen molar-refractivity contribution in [1.29, 1.82) is 0 Å². The summed E-state index contributed by atoms with van der Waals surface area (Å²) in [7, 11) is 1.17. The number of aromatic amines is 1. The molecule has 1 aliphatic rings. The molecule has 0 amide bonds. The van der Waals surface area contributed by atoms with Crippen LogP contribution in [-0.4, -0.2) is 45.4 Å². The molecule has 0 bridgehead atoms. The summed E-state index contributed by atoms with van der Waals surface area (Å²) in [5, 5.41) is 0. The lowest BCUT2D eigenvalue weighted by Crippen LogP contribution is -2.14. The van der Waals surface area contributed by atoms with Crippen molar-refractivity contribution in [1.82, 2.24) is 15.0 Å². The Labute approximate surface area is 129 Å². The molecular weight excluding hydrogens is 302 g/mol. The molecule has 1 aliphatic carbocycles. The normalized spacial score (nSPS) is 12.9. The number of carbonyl (C=O) groups excluding carboxylic acids is 4. The van der Waals surface area contributed by atoms with Crippen LogP contribution in [0.25, 0.3) is 0 Å². The molecule has 2 aromatic rings. The molecule has 0 spiro atoms. The first-order chi connectivity index (χ1) is 11.0. The number of rotatable bonds is 3. The molecule has 0 aliphatic heterocycles. The monoisotopic (exact) mass is 311 g/mol. The van der Waals surface area contributed by atoms with Gasteiger partial charge in [-0.1, -0.05) is 0 Å². The van der Waals surface area contributed by atoms with E-state index < -0.39 is 23.3 Å². The second-order valence-electron chi connectivity index (χ2n) is 4.59. The summed E-state index contributed by atoms with van der Waals surface area (Å²) in [5.41, 5.74) is -0.392. The number of ketones is 3. The topological polar surface area (TPSA) is 119 Å². The van der Waals surface area contributed by atoms with Gasteiger partial charge < -0.3 is 9.72 Å². The van der Waals surface area contributed by atoms with E-state index in [4.69, 9.17) is 0 Å². The Hall–Kier alpha value is -3.42. The van der Waals surface area contributed by atoms with E-state index in [9.17, 15) is 19.2 Å². The summed E-state index contributed by atoms with van der Waals surface area (Å²) in [4.78, 5) is 57.9. The number of imidazole rings is 1. The Kier molecular flexibility index (Phi) is 3.41. The highest BCUT2D eigenvalue weighted by molar-refractivity contribution is 6.21. The average molecular weight is 311 g/mol. The lowest BCUT2D eigenvalue weighted by Gasteiger charge is -2.03. The maximum absolute atomic E-state index is 12.5. The van der Waals surface area contributed by atoms with Crippen molar-refractivity contribution < 1.29 is 23.9 Å². The molecule has 0 radical (unpaired) electrons. The quantitative estimate of drug-likeness (QED) is 0.656. The zero-order valence-corrected chi connectivity index (χ0v) is 11.8. The largest absolute Gasteiger partial charge is 0.464 e. The number of hydrogen-bond donors (Lipinski definition) is 1. The summed E-state index contributed by atoms with van der Waals surface area (Å²) in [6.45, 7) is 0. The Morgan fingerprint density at radius 3 is 2.61 bits per heavy atom. The smallest absolute Gasteiger partial charge is 0.357 e. The number of H-pyrrole nitrogens is 1. The fourth-order valence-electron chi connectivity index (χ4n) is 2.13. The third-order valence-corrected chi connectivity index (χ3v) is 3.22. The van der Waals surface area contributed by atoms with Crippen LogP contribution in [-0.2, 0) is 4.74 Å². The number of hydrogen-bond acceptors (Lipinski definition) is 7. The SMILES string of the molecule is COC(=O)c1ncccc1C(=O)c1nc2c([nH]1)C(=O)C=CC2=O. The number of nitrogens with zero attached hydrogens (tertiary/aromatic N) is 2. The van der Waals surface area contributed by atoms with Crippen LogP contribution in [0.5, 0.6) is 0 Å². The van der Waals surface area contributed by atoms with Gasteiger partial charge in [0.25, 0.3) is 0 Å². The molecule has 0 aromatic carbocycles. The minimum Gasteiger partial charge on any atom is -0.464 e. The number of aromatic nitrogens is 3. The van der Waals surface area contributed by atoms with E-state index in [1.807, 2.05) is 0 Å². The van der Waals surface area contributed by atoms with E-state index in [1.54, 1.807) is 0 Å². The second kappa shape index (κ2) is 5.41. The minimum atomic E-state index is -0.779. The van der Waals surface area contributed by atoms with Crippen LogP contribution in [0.15, 0.2) is 30.5 Å². The van der Waals surface area contributed by atoms with E-state index in [0.717, 1.165) is 12.2 Å². The number of allylic oxidation sites excluding steroid dienone is 2. The molecule has 3 rings (SSSR count). The maximum atomic E-state index is 12.5. The van der Waals surface area contributed by atoms with Gasteiger partial charge in [-0.15, -0.1) is 0 Å². The Morgan fingerprint density at radius 1 is 1.17 bits per heavy atom. The maximum Gasteiger partial charge on any atom is 0.357 e. The van der Waals surface area contributed by atoms with Gasteiger partial charge in [0.2, 0.25) is 17.3 Å². The number of nitrogens with one attached hydrogen (secondary N) is 1. The number of ether oxygens (including phenoxy) is 1. The lowest BCUT2D eigenvalue weighted by molar-refractivity contribution is 0.0590. The van der Waals surface area contributed by atoms with Crippen molar-refractivity contribution in [2.75, 3.05) is 7.11 Å². The third kappa shape index (κ3) is 2.35. The van der Waals surface area contributed by atoms with Gasteiger partial charge in [-0.3, -0.25) is 14.4 Å². The Morgan fingerprint density at radius 2 is 1.91 bits per heavy atom. The lowest BCUT2D eigenvalue weighted by atomic mass is 10.1. The zero-order valence-electron chi connectivity index (χ0n) is 11.8. The summed E-state index contributed by atoms with van der Waals surface area (Å²) < 4.78 is 4.58. The van der Waals surface area contributed by atoms with E-state index >= 15 is 0 Å². The van der Waals surface area contributed by atoms with Gasteiger partial charge in [-0.05, 0) is 24.3 Å². The first kappa shape index (κ1) is 14.5. The average Bonchev–Trinajstić information content (AvgIpc) is 3.03. The first-order valence-corrected chi connectivity index (χ1v) is 6.47. The van der Waals surface area contributed by atoms with Gasteiger partial charge in [0.1, 0.15) is 11.4 Å². The fourth-order valence-corrected chi connectivity index (χ4v) is 2.13. The van der Waals surface area contributed by atoms with Crippen LogP contribution in [0.3, 0.4) is 0 Å². The predicted octanol–water partition coefficient (Wildman–Crippen LogP) is 0.758. The van der Waals surface area contributed by atoms with Crippen LogP contribution in [0, 0.1) is 0 Å². The molecule has 0 saturated carbocycles. The highest BCUT2D eigenvalue weighted by Gasteiger charge is 2.28. The molecule has 0 atom stereocenters. The van der Waals surface area contributed by atoms with Crippen molar-refractivity contribution in [3.63, 3.8) is 0 Å². The van der Waals surface area contributed by atoms with Gasteiger partial charge >= 0.3 is 5.97 Å². The van der Waals surface area contributed by atoms with Gasteiger partial charge in [0.15, 0.2) is 11.5 Å². The van der Waals surface area contributed by atoms with Crippen LogP contribution < -0.4 is 0 Å². The zero-order chi connectivity index (χ0) is 16.6. The van der Waals surface area contributed by atoms with Crippen LogP contribution in [0.2, 0.25) is 0 Å². The highest BCUT2D eigenvalue weighted by atomic mass is 16.5. The standard InChI is InChI=1S/C15H9N3O5/c1-23-15(22)10-7(3-2-6-16-10)13(21)14-17-11-8(19)4-5-9(20)12(11)18-14/h2-6H,1H3,(H,17,18). The first-order valence-electron chi connectivity index (χ1n) is 6.47. The van der Waals surface area contributed by atoms with Crippen molar-refractivity contribution in [3.05, 3.63) is 59.0 Å². The van der Waals surface area contributed by atoms with E-state index in [2.05, 4.69) is 19.7 Å². The highest BCUT2D eigenvalue weighted by Crippen LogP contribution is 2.17. The molecule has 8 heteroatoms. The number of carbonyl (C=O) groups is 4. The van der Waals surface area contributed by atoms with Gasteiger partial charge in [0, 0.05) is 6.20 Å². The predicted molar refractivity (Wildman–Crippen MR) is 75.4 cm³/mol. The Balaban J connectivity index is 2.07. The van der Waals surface area contributed by atoms with E-state index in [1.165, 1.54) is 25.4 Å². The van der Waals surface area contributed by atoms with Gasteiger partial charge in [0.05, 0.1) is 12.7 Å². The molecule has 2 heterocycles. The molecular formula is C15H9N3O5. The van der Waals surface area contributed by atoms with Crippen LogP contribution in [0.1, 0.15) is 47.6 Å². The molecule has 1 N–H and O–H groups in total. The summed E-state index contributed by atoms with van der Waals surface area (Å²) in [6, 6.07) is 2.85. The number of pyridine rings is 1. The van der Waals surface area contributed by atoms with Gasteiger partial charge in [-0.2, -0.15) is 0 Å². The summed E-state index contributed by atoms with van der Waals surface area (Å²) in [5.74, 6) is -2.61. The molecule has 23 heavy (non-hydrogen) atoms. The van der Waals surface area contributed by atoms with E-state index in [0.29, 0.717) is 0 Å². The minimum absolute atomic E-state index is 0.0432. The molecule has 0 saturated heterocycles. The third-order valence-electron chi connectivity index (χ3n) is 3.22. The van der Waals surface area contributed by atoms with Crippen LogP contribution >= 0.6 is 0 Å². The van der Waals surface area contributed by atoms with Crippen LogP contribution in [0.4, 0.5) is 0 Å².